The highest BCUT2D eigenvalue weighted by molar-refractivity contribution is 8.04. The van der Waals surface area contributed by atoms with Gasteiger partial charge in [0, 0.05) is 0 Å². The van der Waals surface area contributed by atoms with E-state index in [4.69, 9.17) is 34.8 Å². The molecule has 0 N–H and O–H groups in total. The zero-order chi connectivity index (χ0) is 5.21. The molecule has 0 atom stereocenters. The van der Waals surface area contributed by atoms with E-state index in [1.54, 1.807) is 6.26 Å². The summed E-state index contributed by atoms with van der Waals surface area (Å²) < 4.78 is -1.12. The Morgan fingerprint density at radius 1 is 1.33 bits per heavy atom. The van der Waals surface area contributed by atoms with Crippen molar-refractivity contribution in [2.45, 2.75) is 3.12 Å². The molecule has 0 unspecified atom stereocenters. The van der Waals surface area contributed by atoms with Crippen molar-refractivity contribution in [3.63, 3.8) is 0 Å². The molecule has 0 aliphatic rings. The van der Waals surface area contributed by atoms with Gasteiger partial charge < -0.3 is 0 Å². The first-order valence-corrected chi connectivity index (χ1v) is 3.54. The number of alkyl halides is 3. The minimum atomic E-state index is -1.12. The molecule has 0 aromatic heterocycles. The van der Waals surface area contributed by atoms with Crippen molar-refractivity contribution in [3.05, 3.63) is 0 Å². The standard InChI is InChI=1S/C2H3Cl3S/c1-6-2(3,4)5/h1H3. The van der Waals surface area contributed by atoms with E-state index < -0.39 is 3.12 Å². The minimum Gasteiger partial charge on any atom is -0.111 e. The summed E-state index contributed by atoms with van der Waals surface area (Å²) in [6.45, 7) is 0. The van der Waals surface area contributed by atoms with Crippen molar-refractivity contribution in [1.29, 1.82) is 0 Å². The van der Waals surface area contributed by atoms with Crippen molar-refractivity contribution >= 4 is 46.6 Å². The maximum absolute atomic E-state index is 5.21. The first kappa shape index (κ1) is 7.22. The zero-order valence-corrected chi connectivity index (χ0v) is 6.13. The number of rotatable bonds is 0. The van der Waals surface area contributed by atoms with Crippen LogP contribution in [0.25, 0.3) is 0 Å². The zero-order valence-electron chi connectivity index (χ0n) is 3.04. The average molecular weight is 165 g/mol. The summed E-state index contributed by atoms with van der Waals surface area (Å²) in [4.78, 5) is 0. The van der Waals surface area contributed by atoms with Crippen molar-refractivity contribution in [1.82, 2.24) is 0 Å². The lowest BCUT2D eigenvalue weighted by Gasteiger charge is -2.02. The highest BCUT2D eigenvalue weighted by Crippen LogP contribution is 2.36. The Balaban J connectivity index is 3.17. The maximum atomic E-state index is 5.21. The van der Waals surface area contributed by atoms with Crippen LogP contribution in [0.3, 0.4) is 0 Å². The van der Waals surface area contributed by atoms with Crippen LogP contribution in [0.15, 0.2) is 0 Å². The second kappa shape index (κ2) is 2.51. The van der Waals surface area contributed by atoms with Crippen LogP contribution >= 0.6 is 46.6 Å². The van der Waals surface area contributed by atoms with E-state index in [0.29, 0.717) is 0 Å². The monoisotopic (exact) mass is 164 g/mol. The maximum Gasteiger partial charge on any atom is 0.237 e. The van der Waals surface area contributed by atoms with Crippen LogP contribution in [-0.2, 0) is 0 Å². The van der Waals surface area contributed by atoms with Gasteiger partial charge in [-0.25, -0.2) is 0 Å². The van der Waals surface area contributed by atoms with E-state index in [9.17, 15) is 0 Å². The summed E-state index contributed by atoms with van der Waals surface area (Å²) in [5.74, 6) is 0. The van der Waals surface area contributed by atoms with Crippen LogP contribution in [0.5, 0.6) is 0 Å². The van der Waals surface area contributed by atoms with Gasteiger partial charge in [-0.15, -0.1) is 11.8 Å². The summed E-state index contributed by atoms with van der Waals surface area (Å²) in [6.07, 6.45) is 1.73. The Kier molecular flexibility index (Phi) is 3.02. The Labute approximate surface area is 56.1 Å². The van der Waals surface area contributed by atoms with Gasteiger partial charge in [0.1, 0.15) is 0 Å². The second-order valence-corrected chi connectivity index (χ2v) is 4.62. The molecule has 38 valence electrons. The highest BCUT2D eigenvalue weighted by atomic mass is 35.6. The molecular formula is C2H3Cl3S. The highest BCUT2D eigenvalue weighted by Gasteiger charge is 2.15. The van der Waals surface area contributed by atoms with Crippen LogP contribution < -0.4 is 0 Å². The van der Waals surface area contributed by atoms with E-state index in [-0.39, 0.29) is 0 Å². The van der Waals surface area contributed by atoms with Crippen molar-refractivity contribution in [2.75, 3.05) is 6.26 Å². The third-order valence-corrected chi connectivity index (χ3v) is 2.08. The Bertz CT molecular complexity index is 38.5. The average Bonchev–Trinajstić information content (AvgIpc) is 1.35. The molecule has 0 aromatic rings. The lowest BCUT2D eigenvalue weighted by Crippen LogP contribution is -1.88. The first-order valence-electron chi connectivity index (χ1n) is 1.18. The molecule has 0 bridgehead atoms. The minimum absolute atomic E-state index is 1.12. The summed E-state index contributed by atoms with van der Waals surface area (Å²) in [7, 11) is 0. The van der Waals surface area contributed by atoms with Gasteiger partial charge in [0.15, 0.2) is 0 Å². The van der Waals surface area contributed by atoms with Crippen LogP contribution in [-0.4, -0.2) is 9.38 Å². The molecular weight excluding hydrogens is 162 g/mol. The van der Waals surface area contributed by atoms with Crippen LogP contribution in [0.4, 0.5) is 0 Å². The molecule has 0 nitrogen and oxygen atoms in total. The molecule has 0 aliphatic heterocycles. The number of hydrogen-bond acceptors (Lipinski definition) is 1. The van der Waals surface area contributed by atoms with Crippen molar-refractivity contribution < 1.29 is 0 Å². The van der Waals surface area contributed by atoms with Crippen molar-refractivity contribution in [2.24, 2.45) is 0 Å². The molecule has 0 saturated heterocycles. The Morgan fingerprint density at radius 2 is 1.50 bits per heavy atom. The van der Waals surface area contributed by atoms with Crippen LogP contribution in [0.1, 0.15) is 0 Å². The van der Waals surface area contributed by atoms with Gasteiger partial charge >= 0.3 is 0 Å². The van der Waals surface area contributed by atoms with Crippen LogP contribution in [0, 0.1) is 0 Å². The van der Waals surface area contributed by atoms with Crippen LogP contribution in [0.2, 0.25) is 0 Å². The number of thioether (sulfide) groups is 1. The third-order valence-electron chi connectivity index (χ3n) is 0.231. The normalized spacial score (nSPS) is 12.0. The first-order chi connectivity index (χ1) is 2.56. The Morgan fingerprint density at radius 3 is 1.50 bits per heavy atom. The van der Waals surface area contributed by atoms with Gasteiger partial charge in [0.05, 0.1) is 0 Å². The van der Waals surface area contributed by atoms with Gasteiger partial charge in [0.25, 0.3) is 0 Å². The molecule has 0 aromatic carbocycles. The second-order valence-electron chi connectivity index (χ2n) is 0.650. The quantitative estimate of drug-likeness (QED) is 0.497. The van der Waals surface area contributed by atoms with E-state index in [0.717, 1.165) is 0 Å². The summed E-state index contributed by atoms with van der Waals surface area (Å²) in [6, 6.07) is 0. The summed E-state index contributed by atoms with van der Waals surface area (Å²) >= 11 is 16.8. The molecule has 0 aliphatic carbocycles. The molecule has 6 heavy (non-hydrogen) atoms. The molecule has 0 rings (SSSR count). The van der Waals surface area contributed by atoms with E-state index in [1.807, 2.05) is 0 Å². The van der Waals surface area contributed by atoms with E-state index >= 15 is 0 Å². The fourth-order valence-electron chi connectivity index (χ4n) is 0. The Hall–Kier alpha value is 1.22. The predicted octanol–water partition coefficient (Wildman–Crippen LogP) is 2.68. The van der Waals surface area contributed by atoms with Crippen molar-refractivity contribution in [3.8, 4) is 0 Å². The molecule has 0 saturated carbocycles. The molecule has 0 radical (unpaired) electrons. The van der Waals surface area contributed by atoms with E-state index in [1.165, 1.54) is 11.8 Å². The van der Waals surface area contributed by atoms with Gasteiger partial charge in [-0.3, -0.25) is 0 Å². The smallest absolute Gasteiger partial charge is 0.111 e. The molecule has 0 heterocycles. The third kappa shape index (κ3) is 5.22. The lowest BCUT2D eigenvalue weighted by atomic mass is 11.8. The topological polar surface area (TPSA) is 0 Å². The van der Waals surface area contributed by atoms with Gasteiger partial charge in [-0.1, -0.05) is 34.8 Å². The largest absolute Gasteiger partial charge is 0.237 e. The number of halogens is 3. The summed E-state index contributed by atoms with van der Waals surface area (Å²) in [5, 5.41) is 0. The fourth-order valence-corrected chi connectivity index (χ4v) is 0. The van der Waals surface area contributed by atoms with E-state index in [2.05, 4.69) is 0 Å². The molecule has 0 spiro atoms. The molecule has 0 fully saturated rings. The fraction of sp³-hybridized carbons (Fsp3) is 1.00. The number of hydrogen-bond donors (Lipinski definition) is 0. The summed E-state index contributed by atoms with van der Waals surface area (Å²) in [5.41, 5.74) is 0. The molecule has 0 amide bonds. The molecule has 4 heteroatoms. The van der Waals surface area contributed by atoms with Gasteiger partial charge in [-0.05, 0) is 6.26 Å². The van der Waals surface area contributed by atoms with Gasteiger partial charge in [0.2, 0.25) is 3.12 Å². The predicted molar refractivity (Wildman–Crippen MR) is 33.8 cm³/mol. The lowest BCUT2D eigenvalue weighted by molar-refractivity contribution is 1.78. The van der Waals surface area contributed by atoms with Gasteiger partial charge in [-0.2, -0.15) is 0 Å². The SMILES string of the molecule is CSC(Cl)(Cl)Cl.